The number of aliphatic hydroxyl groups is 2. The van der Waals surface area contributed by atoms with Crippen LogP contribution in [0.1, 0.15) is 92.2 Å². The minimum Gasteiger partial charge on any atom is -0.386 e. The number of Topliss-reactive ketones (excluding diaryl/α,β-unsaturated/α-hetero) is 2. The zero-order valence-corrected chi connectivity index (χ0v) is 42.6. The first-order valence-corrected chi connectivity index (χ1v) is 28.1. The number of ketones is 2. The number of rotatable bonds is 22. The van der Waals surface area contributed by atoms with Crippen LogP contribution in [-0.2, 0) is 60.3 Å². The van der Waals surface area contributed by atoms with Crippen LogP contribution in [0.25, 0.3) is 11.2 Å². The van der Waals surface area contributed by atoms with Gasteiger partial charge in [0, 0.05) is 54.3 Å². The number of hydrogen-bond acceptors (Lipinski definition) is 20. The second-order valence-electron chi connectivity index (χ2n) is 19.4. The first-order chi connectivity index (χ1) is 32.5. The Balaban J connectivity index is 0.897. The predicted molar refractivity (Wildman–Crippen MR) is 245 cm³/mol. The lowest BCUT2D eigenvalue weighted by molar-refractivity contribution is -0.150. The molecule has 3 saturated carbocycles. The van der Waals surface area contributed by atoms with Gasteiger partial charge in [-0.3, -0.25) is 42.1 Å². The Morgan fingerprint density at radius 2 is 1.70 bits per heavy atom. The van der Waals surface area contributed by atoms with Gasteiger partial charge in [-0.05, 0) is 62.7 Å². The number of imidazole rings is 1. The molecule has 3 heterocycles. The maximum absolute atomic E-state index is 13.3. The van der Waals surface area contributed by atoms with E-state index in [-0.39, 0.29) is 88.7 Å². The number of nitrogens with two attached hydrogens (primary N) is 1. The van der Waals surface area contributed by atoms with Crippen LogP contribution in [-0.4, -0.2) is 134 Å². The zero-order chi connectivity index (χ0) is 51.8. The van der Waals surface area contributed by atoms with Crippen LogP contribution in [0.15, 0.2) is 12.7 Å². The van der Waals surface area contributed by atoms with Gasteiger partial charge in [0.1, 0.15) is 47.8 Å². The van der Waals surface area contributed by atoms with Crippen LogP contribution < -0.4 is 16.4 Å². The molecule has 0 spiro atoms. The number of aromatic nitrogens is 4. The Morgan fingerprint density at radius 1 is 1.00 bits per heavy atom. The molecule has 392 valence electrons. The third-order valence-electron chi connectivity index (χ3n) is 14.5. The Kier molecular flexibility index (Phi) is 17.5. The van der Waals surface area contributed by atoms with Crippen LogP contribution >= 0.6 is 35.2 Å². The van der Waals surface area contributed by atoms with Gasteiger partial charge < -0.3 is 50.9 Å². The second kappa shape index (κ2) is 21.8. The summed E-state index contributed by atoms with van der Waals surface area (Å²) in [6, 6.07) is 0. The van der Waals surface area contributed by atoms with Crippen LogP contribution in [0.4, 0.5) is 5.82 Å². The van der Waals surface area contributed by atoms with Crippen molar-refractivity contribution in [3.8, 4) is 0 Å². The Bertz CT molecular complexity index is 2460. The van der Waals surface area contributed by atoms with E-state index in [0.717, 1.165) is 61.1 Å². The molecule has 2 aromatic rings. The first-order valence-electron chi connectivity index (χ1n) is 22.6. The van der Waals surface area contributed by atoms with Crippen molar-refractivity contribution in [2.24, 2.45) is 39.9 Å². The monoisotopic (exact) mass is 1070 g/mol. The van der Waals surface area contributed by atoms with Crippen molar-refractivity contribution in [3.05, 3.63) is 12.7 Å². The molecule has 26 nitrogen and oxygen atoms in total. The van der Waals surface area contributed by atoms with E-state index in [1.54, 1.807) is 6.92 Å². The third-order valence-corrected chi connectivity index (χ3v) is 18.5. The molecular formula is C40H62N7O19P3S. The number of nitrogens with zero attached hydrogens (tertiary/aromatic N) is 4. The number of amides is 2. The number of nitrogens with one attached hydrogen (secondary N) is 2. The number of fused-ring (bicyclic) bond motifs is 4. The molecule has 6 rings (SSSR count). The summed E-state index contributed by atoms with van der Waals surface area (Å²) in [7, 11) is -16.5. The number of carbonyl (C=O) groups excluding carboxylic acids is 5. The highest BCUT2D eigenvalue weighted by Gasteiger charge is 2.61. The molecule has 0 aromatic carbocycles. The molecule has 4 fully saturated rings. The van der Waals surface area contributed by atoms with Gasteiger partial charge in [0.15, 0.2) is 22.8 Å². The van der Waals surface area contributed by atoms with Crippen molar-refractivity contribution in [1.82, 2.24) is 30.2 Å². The molecule has 0 radical (unpaired) electrons. The average Bonchev–Trinajstić information content (AvgIpc) is 3.93. The third kappa shape index (κ3) is 12.6. The number of nitrogen functional groups attached to an aromatic ring is 1. The molecule has 13 atom stereocenters. The molecule has 30 heteroatoms. The Labute approximate surface area is 406 Å². The lowest BCUT2D eigenvalue weighted by atomic mass is 9.46. The molecule has 3 aliphatic carbocycles. The van der Waals surface area contributed by atoms with Gasteiger partial charge >= 0.3 is 23.5 Å². The summed E-state index contributed by atoms with van der Waals surface area (Å²) in [5, 5.41) is 26.6. The van der Waals surface area contributed by atoms with Gasteiger partial charge in [-0.2, -0.15) is 4.31 Å². The van der Waals surface area contributed by atoms with Crippen molar-refractivity contribution in [2.45, 2.75) is 117 Å². The highest BCUT2D eigenvalue weighted by molar-refractivity contribution is 8.13. The summed E-state index contributed by atoms with van der Waals surface area (Å²) in [6.45, 7) is 6.03. The van der Waals surface area contributed by atoms with Gasteiger partial charge in [-0.25, -0.2) is 28.6 Å². The maximum Gasteiger partial charge on any atom is 0.481 e. The fourth-order valence-electron chi connectivity index (χ4n) is 10.6. The number of anilines is 1. The highest BCUT2D eigenvalue weighted by atomic mass is 32.2. The quantitative estimate of drug-likeness (QED) is 0.0602. The standard InChI is InChI=1S/C40H62N7O19P3S/c1-21(48)40(5)22(6-7-23-24-8-9-27(49)39(24,4)12-10-25(23)40)16-29(51)70-15-14-42-28(50)11-13-43-36(54)33(53)38(2,3)18-63-69(60,61)66-68(58,59)62-17-26-32(65-67(55,56)57)31(52)37(64-26)47-20-46-30-34(41)44-19-45-35(30)47/h19-20,22-26,31-33,37,52-53H,6-18H2,1-5H3,(H,42,50)(H,43,54)(H,58,59)(H,60,61)(H2,41,44,45)(H2,55,56,57)/t22?,23-,24-,25-,26+,31+,32+,33-,37+,39-,40-/m0/s1. The van der Waals surface area contributed by atoms with E-state index in [9.17, 15) is 67.5 Å². The van der Waals surface area contributed by atoms with Crippen molar-refractivity contribution in [2.75, 3.05) is 37.8 Å². The van der Waals surface area contributed by atoms with Gasteiger partial charge in [0.25, 0.3) is 0 Å². The summed E-state index contributed by atoms with van der Waals surface area (Å²) in [5.41, 5.74) is 3.25. The van der Waals surface area contributed by atoms with Gasteiger partial charge in [0.2, 0.25) is 11.8 Å². The van der Waals surface area contributed by atoms with Crippen molar-refractivity contribution in [1.29, 1.82) is 0 Å². The normalized spacial score (nSPS) is 31.3. The van der Waals surface area contributed by atoms with Crippen molar-refractivity contribution < 1.29 is 90.1 Å². The molecule has 2 aromatic heterocycles. The molecule has 1 saturated heterocycles. The average molecular weight is 1070 g/mol. The summed E-state index contributed by atoms with van der Waals surface area (Å²) in [6.07, 6.45) is -2.23. The van der Waals surface area contributed by atoms with Crippen LogP contribution in [0.3, 0.4) is 0 Å². The second-order valence-corrected chi connectivity index (χ2v) is 24.8. The van der Waals surface area contributed by atoms with E-state index in [2.05, 4.69) is 41.3 Å². The zero-order valence-electron chi connectivity index (χ0n) is 39.1. The van der Waals surface area contributed by atoms with Crippen LogP contribution in [0.5, 0.6) is 0 Å². The molecule has 1 aliphatic heterocycles. The lowest BCUT2D eigenvalue weighted by Crippen LogP contribution is -2.54. The van der Waals surface area contributed by atoms with E-state index < -0.39 is 90.0 Å². The fourth-order valence-corrected chi connectivity index (χ4v) is 14.2. The number of carbonyl (C=O) groups is 5. The topological polar surface area (TPSA) is 398 Å². The minimum absolute atomic E-state index is 0.0232. The van der Waals surface area contributed by atoms with E-state index in [1.165, 1.54) is 13.8 Å². The molecule has 3 unspecified atom stereocenters. The fraction of sp³-hybridized carbons (Fsp3) is 0.750. The summed E-state index contributed by atoms with van der Waals surface area (Å²) < 4.78 is 62.6. The number of ether oxygens (including phenoxy) is 1. The van der Waals surface area contributed by atoms with Gasteiger partial charge in [0.05, 0.1) is 19.5 Å². The number of thioether (sulfide) groups is 1. The molecule has 2 amide bonds. The molecule has 70 heavy (non-hydrogen) atoms. The van der Waals surface area contributed by atoms with Crippen LogP contribution in [0, 0.1) is 39.9 Å². The van der Waals surface area contributed by atoms with E-state index in [1.807, 2.05) is 6.92 Å². The van der Waals surface area contributed by atoms with Crippen LogP contribution in [0.2, 0.25) is 0 Å². The Morgan fingerprint density at radius 3 is 2.39 bits per heavy atom. The van der Waals surface area contributed by atoms with Gasteiger partial charge in [-0.1, -0.05) is 39.5 Å². The molecule has 10 N–H and O–H groups in total. The number of phosphoric acid groups is 3. The minimum atomic E-state index is -5.60. The van der Waals surface area contributed by atoms with E-state index in [4.69, 9.17) is 19.5 Å². The summed E-state index contributed by atoms with van der Waals surface area (Å²) in [5.74, 6) is -0.310. The number of aliphatic hydroxyl groups excluding tert-OH is 2. The largest absolute Gasteiger partial charge is 0.481 e. The molecular weight excluding hydrogens is 1010 g/mol. The van der Waals surface area contributed by atoms with Crippen molar-refractivity contribution >= 4 is 80.7 Å². The molecule has 4 aliphatic rings. The number of phosphoric ester groups is 3. The smallest absolute Gasteiger partial charge is 0.386 e. The SMILES string of the molecule is CC(=O)[C@@]1(C)C(CC(=O)SCCNC(=O)CCNC(=O)[C@H](O)C(C)(C)COP(=O)(O)OP(=O)(O)OC[C@H]2O[C@@H](n3cnc4c(N)ncnc43)[C@H](O)[C@@H]2OP(=O)(O)O)CC[C@@H]2[C@@H]1CC[C@]1(C)C(=O)CC[C@@H]21. The van der Waals surface area contributed by atoms with E-state index in [0.29, 0.717) is 12.2 Å². The Hall–Kier alpha value is -3.10. The van der Waals surface area contributed by atoms with Gasteiger partial charge in [-0.15, -0.1) is 0 Å². The maximum atomic E-state index is 13.3. The molecule has 0 bridgehead atoms. The summed E-state index contributed by atoms with van der Waals surface area (Å²) >= 11 is 1.06. The lowest BCUT2D eigenvalue weighted by Gasteiger charge is -2.56. The van der Waals surface area contributed by atoms with Crippen molar-refractivity contribution in [3.63, 3.8) is 0 Å². The van der Waals surface area contributed by atoms with E-state index >= 15 is 0 Å². The highest BCUT2D eigenvalue weighted by Crippen LogP contribution is 2.64. The first kappa shape index (κ1) is 56.2. The number of hydrogen-bond donors (Lipinski definition) is 9. The predicted octanol–water partition coefficient (Wildman–Crippen LogP) is 2.07. The summed E-state index contributed by atoms with van der Waals surface area (Å²) in [4.78, 5) is 116.